The maximum Gasteiger partial charge on any atom is 0.122 e. The number of allylic oxidation sites excluding steroid dienone is 3. The SMILES string of the molecule is C=C/C(F)=C\C1=C(CF)CCC1N(C)CC. The second-order valence-corrected chi connectivity index (χ2v) is 4.05. The molecule has 0 saturated carbocycles. The van der Waals surface area contributed by atoms with Gasteiger partial charge in [-0.3, -0.25) is 4.90 Å². The molecule has 0 aromatic carbocycles. The molecule has 0 fully saturated rings. The number of nitrogens with zero attached hydrogens (tertiary/aromatic N) is 1. The van der Waals surface area contributed by atoms with Crippen LogP contribution in [0, 0.1) is 0 Å². The van der Waals surface area contributed by atoms with Crippen molar-refractivity contribution >= 4 is 0 Å². The third kappa shape index (κ3) is 2.79. The van der Waals surface area contributed by atoms with Crippen molar-refractivity contribution in [3.05, 3.63) is 35.7 Å². The largest absolute Gasteiger partial charge is 0.300 e. The van der Waals surface area contributed by atoms with Gasteiger partial charge in [-0.25, -0.2) is 8.78 Å². The molecule has 0 bridgehead atoms. The Morgan fingerprint density at radius 3 is 2.81 bits per heavy atom. The summed E-state index contributed by atoms with van der Waals surface area (Å²) in [6.07, 6.45) is 4.18. The maximum atomic E-state index is 13.2. The van der Waals surface area contributed by atoms with Gasteiger partial charge in [-0.05, 0) is 49.7 Å². The predicted molar refractivity (Wildman–Crippen MR) is 63.7 cm³/mol. The predicted octanol–water partition coefficient (Wildman–Crippen LogP) is 3.41. The normalized spacial score (nSPS) is 22.1. The second-order valence-electron chi connectivity index (χ2n) is 4.05. The van der Waals surface area contributed by atoms with E-state index in [-0.39, 0.29) is 6.04 Å². The Morgan fingerprint density at radius 1 is 1.62 bits per heavy atom. The molecule has 90 valence electrons. The van der Waals surface area contributed by atoms with E-state index >= 15 is 0 Å². The Balaban J connectivity index is 2.98. The highest BCUT2D eigenvalue weighted by Gasteiger charge is 2.26. The highest BCUT2D eigenvalue weighted by molar-refractivity contribution is 5.38. The fraction of sp³-hybridized carbons (Fsp3) is 0.538. The van der Waals surface area contributed by atoms with Gasteiger partial charge in [0.2, 0.25) is 0 Å². The average Bonchev–Trinajstić information content (AvgIpc) is 2.70. The second kappa shape index (κ2) is 5.94. The van der Waals surface area contributed by atoms with E-state index < -0.39 is 12.5 Å². The first-order valence-electron chi connectivity index (χ1n) is 5.61. The van der Waals surface area contributed by atoms with Gasteiger partial charge >= 0.3 is 0 Å². The summed E-state index contributed by atoms with van der Waals surface area (Å²) in [5.41, 5.74) is 1.52. The van der Waals surface area contributed by atoms with E-state index in [2.05, 4.69) is 11.5 Å². The Labute approximate surface area is 96.1 Å². The summed E-state index contributed by atoms with van der Waals surface area (Å²) in [4.78, 5) is 2.12. The third-order valence-corrected chi connectivity index (χ3v) is 3.17. The molecule has 1 unspecified atom stereocenters. The van der Waals surface area contributed by atoms with Crippen molar-refractivity contribution in [2.75, 3.05) is 20.3 Å². The molecule has 3 heteroatoms. The minimum absolute atomic E-state index is 0.140. The molecular weight excluding hydrogens is 208 g/mol. The van der Waals surface area contributed by atoms with Gasteiger partial charge in [0.15, 0.2) is 0 Å². The fourth-order valence-electron chi connectivity index (χ4n) is 2.07. The molecule has 0 aliphatic heterocycles. The van der Waals surface area contributed by atoms with Crippen molar-refractivity contribution in [1.82, 2.24) is 4.90 Å². The van der Waals surface area contributed by atoms with Crippen molar-refractivity contribution in [3.63, 3.8) is 0 Å². The lowest BCUT2D eigenvalue weighted by Gasteiger charge is -2.24. The Morgan fingerprint density at radius 2 is 2.31 bits per heavy atom. The van der Waals surface area contributed by atoms with E-state index in [0.717, 1.165) is 36.6 Å². The van der Waals surface area contributed by atoms with Crippen LogP contribution in [-0.2, 0) is 0 Å². The molecule has 0 aromatic heterocycles. The van der Waals surface area contributed by atoms with Crippen molar-refractivity contribution in [1.29, 1.82) is 0 Å². The Bertz CT molecular complexity index is 318. The third-order valence-electron chi connectivity index (χ3n) is 3.17. The summed E-state index contributed by atoms with van der Waals surface area (Å²) in [6.45, 7) is 5.80. The molecule has 16 heavy (non-hydrogen) atoms. The molecule has 0 heterocycles. The number of hydrogen-bond acceptors (Lipinski definition) is 1. The average molecular weight is 227 g/mol. The van der Waals surface area contributed by atoms with Crippen molar-refractivity contribution in [2.45, 2.75) is 25.8 Å². The van der Waals surface area contributed by atoms with Gasteiger partial charge in [0.1, 0.15) is 12.5 Å². The van der Waals surface area contributed by atoms with Crippen LogP contribution in [0.1, 0.15) is 19.8 Å². The summed E-state index contributed by atoms with van der Waals surface area (Å²) in [6, 6.07) is 0.140. The van der Waals surface area contributed by atoms with Gasteiger partial charge in [0.05, 0.1) is 0 Å². The number of halogens is 2. The number of likely N-dealkylation sites (N-methyl/N-ethyl adjacent to an activating group) is 1. The smallest absolute Gasteiger partial charge is 0.122 e. The van der Waals surface area contributed by atoms with Gasteiger partial charge in [-0.1, -0.05) is 13.5 Å². The number of hydrogen-bond donors (Lipinski definition) is 0. The molecule has 0 spiro atoms. The Hall–Kier alpha value is -0.960. The van der Waals surface area contributed by atoms with Gasteiger partial charge in [-0.15, -0.1) is 0 Å². The molecule has 1 rings (SSSR count). The molecule has 1 nitrogen and oxygen atoms in total. The van der Waals surface area contributed by atoms with E-state index in [1.54, 1.807) is 0 Å². The van der Waals surface area contributed by atoms with Crippen LogP contribution in [0.15, 0.2) is 35.7 Å². The van der Waals surface area contributed by atoms with Crippen molar-refractivity contribution in [3.8, 4) is 0 Å². The van der Waals surface area contributed by atoms with Crippen LogP contribution in [0.25, 0.3) is 0 Å². The zero-order chi connectivity index (χ0) is 12.1. The summed E-state index contributed by atoms with van der Waals surface area (Å²) < 4.78 is 26.0. The topological polar surface area (TPSA) is 3.24 Å². The summed E-state index contributed by atoms with van der Waals surface area (Å²) in [5.74, 6) is -0.391. The first-order valence-corrected chi connectivity index (χ1v) is 5.61. The Kier molecular flexibility index (Phi) is 4.87. The summed E-state index contributed by atoms with van der Waals surface area (Å²) >= 11 is 0. The van der Waals surface area contributed by atoms with Gasteiger partial charge < -0.3 is 0 Å². The number of alkyl halides is 1. The maximum absolute atomic E-state index is 13.2. The molecule has 0 saturated heterocycles. The quantitative estimate of drug-likeness (QED) is 0.651. The molecule has 0 radical (unpaired) electrons. The van der Waals surface area contributed by atoms with Crippen LogP contribution < -0.4 is 0 Å². The standard InChI is InChI=1S/C13H19F2N/c1-4-11(15)8-12-10(9-14)6-7-13(12)16(3)5-2/h4,8,13H,1,5-7,9H2,2-3H3/b11-8+. The lowest BCUT2D eigenvalue weighted by atomic mass is 10.1. The van der Waals surface area contributed by atoms with Crippen LogP contribution in [0.2, 0.25) is 0 Å². The highest BCUT2D eigenvalue weighted by atomic mass is 19.1. The molecule has 0 amide bonds. The molecular formula is C13H19F2N. The van der Waals surface area contributed by atoms with Crippen molar-refractivity contribution in [2.24, 2.45) is 0 Å². The van der Waals surface area contributed by atoms with E-state index in [1.807, 2.05) is 14.0 Å². The molecule has 1 atom stereocenters. The molecule has 1 aliphatic carbocycles. The lowest BCUT2D eigenvalue weighted by Crippen LogP contribution is -2.30. The van der Waals surface area contributed by atoms with Crippen LogP contribution >= 0.6 is 0 Å². The first kappa shape index (κ1) is 13.1. The zero-order valence-corrected chi connectivity index (χ0v) is 9.97. The van der Waals surface area contributed by atoms with Crippen LogP contribution in [-0.4, -0.2) is 31.2 Å². The van der Waals surface area contributed by atoms with Crippen LogP contribution in [0.3, 0.4) is 0 Å². The first-order chi connectivity index (χ1) is 7.63. The fourth-order valence-corrected chi connectivity index (χ4v) is 2.07. The minimum Gasteiger partial charge on any atom is -0.300 e. The monoisotopic (exact) mass is 227 g/mol. The summed E-state index contributed by atoms with van der Waals surface area (Å²) in [5, 5.41) is 0. The van der Waals surface area contributed by atoms with Crippen LogP contribution in [0.5, 0.6) is 0 Å². The molecule has 1 aliphatic rings. The van der Waals surface area contributed by atoms with Crippen LogP contribution in [0.4, 0.5) is 8.78 Å². The lowest BCUT2D eigenvalue weighted by molar-refractivity contribution is 0.287. The highest BCUT2D eigenvalue weighted by Crippen LogP contribution is 2.32. The van der Waals surface area contributed by atoms with Gasteiger partial charge in [-0.2, -0.15) is 0 Å². The van der Waals surface area contributed by atoms with Gasteiger partial charge in [0.25, 0.3) is 0 Å². The van der Waals surface area contributed by atoms with E-state index in [1.165, 1.54) is 6.08 Å². The van der Waals surface area contributed by atoms with Crippen molar-refractivity contribution < 1.29 is 8.78 Å². The van der Waals surface area contributed by atoms with E-state index in [4.69, 9.17) is 0 Å². The minimum atomic E-state index is -0.482. The molecule has 0 N–H and O–H groups in total. The van der Waals surface area contributed by atoms with E-state index in [0.29, 0.717) is 0 Å². The van der Waals surface area contributed by atoms with Gasteiger partial charge in [0, 0.05) is 6.04 Å². The molecule has 0 aromatic rings. The van der Waals surface area contributed by atoms with E-state index in [9.17, 15) is 8.78 Å². The number of rotatable bonds is 5. The summed E-state index contributed by atoms with van der Waals surface area (Å²) in [7, 11) is 1.98. The zero-order valence-electron chi connectivity index (χ0n) is 9.97.